The molecule has 3 nitrogen and oxygen atoms in total. The third-order valence-corrected chi connectivity index (χ3v) is 2.14. The van der Waals surface area contributed by atoms with Crippen LogP contribution in [0.5, 0.6) is 0 Å². The van der Waals surface area contributed by atoms with Crippen molar-refractivity contribution in [2.24, 2.45) is 0 Å². The van der Waals surface area contributed by atoms with Crippen LogP contribution in [0, 0.1) is 0 Å². The Hall–Kier alpha value is -1.39. The number of carbonyl (C=O) groups is 1. The van der Waals surface area contributed by atoms with Gasteiger partial charge in [0.1, 0.15) is 0 Å². The Labute approximate surface area is 119 Å². The van der Waals surface area contributed by atoms with Gasteiger partial charge in [0.05, 0.1) is 0 Å². The molecule has 0 atom stereocenters. The number of amides is 1. The molecule has 4 heteroatoms. The van der Waals surface area contributed by atoms with E-state index in [0.717, 1.165) is 17.8 Å². The van der Waals surface area contributed by atoms with Crippen molar-refractivity contribution in [2.45, 2.75) is 0 Å². The zero-order chi connectivity index (χ0) is 12.7. The van der Waals surface area contributed by atoms with Crippen molar-refractivity contribution in [2.75, 3.05) is 26.0 Å². The second-order valence-corrected chi connectivity index (χ2v) is 3.98. The Morgan fingerprint density at radius 2 is 1.94 bits per heavy atom. The Morgan fingerprint density at radius 3 is 2.44 bits per heavy atom. The van der Waals surface area contributed by atoms with Gasteiger partial charge in [0, 0.05) is 12.2 Å². The maximum Gasteiger partial charge on any atom is 0.247 e. The van der Waals surface area contributed by atoms with Crippen LogP contribution in [-0.2, 0) is 4.79 Å². The fraction of sp³-hybridized carbons (Fsp3) is 0.214. The summed E-state index contributed by atoms with van der Waals surface area (Å²) in [5.41, 5.74) is 1.89. The number of halogens is 1. The molecule has 18 heavy (non-hydrogen) atoms. The van der Waals surface area contributed by atoms with Crippen molar-refractivity contribution < 1.29 is 4.79 Å². The topological polar surface area (TPSA) is 32.3 Å². The molecule has 0 saturated carbocycles. The van der Waals surface area contributed by atoms with Gasteiger partial charge in [0.15, 0.2) is 0 Å². The van der Waals surface area contributed by atoms with Gasteiger partial charge in [-0.3, -0.25) is 4.79 Å². The molecule has 0 saturated heterocycles. The average Bonchev–Trinajstić information content (AvgIpc) is 2.31. The molecule has 0 aliphatic carbocycles. The molecular formula is C14H19BrN2O. The summed E-state index contributed by atoms with van der Waals surface area (Å²) < 4.78 is 0. The number of nitrogens with zero attached hydrogens (tertiary/aromatic N) is 1. The lowest BCUT2D eigenvalue weighted by Crippen LogP contribution is -2.10. The lowest BCUT2D eigenvalue weighted by atomic mass is 10.2. The zero-order valence-corrected chi connectivity index (χ0v) is 12.4. The number of nitrogens with one attached hydrogen (secondary N) is 1. The number of hydrogen-bond acceptors (Lipinski definition) is 2. The minimum absolute atomic E-state index is 0. The first-order valence-corrected chi connectivity index (χ1v) is 5.46. The molecule has 0 aliphatic rings. The van der Waals surface area contributed by atoms with Crippen LogP contribution in [0.4, 0.5) is 5.69 Å². The van der Waals surface area contributed by atoms with E-state index in [1.807, 2.05) is 38.4 Å². The fourth-order valence-electron chi connectivity index (χ4n) is 1.27. The third kappa shape index (κ3) is 6.37. The Morgan fingerprint density at radius 1 is 1.33 bits per heavy atom. The summed E-state index contributed by atoms with van der Waals surface area (Å²) in [6, 6.07) is 7.67. The summed E-state index contributed by atoms with van der Waals surface area (Å²) in [5.74, 6) is -0.194. The molecular weight excluding hydrogens is 292 g/mol. The van der Waals surface area contributed by atoms with Crippen LogP contribution in [0.2, 0.25) is 0 Å². The van der Waals surface area contributed by atoms with E-state index in [2.05, 4.69) is 28.9 Å². The van der Waals surface area contributed by atoms with Crippen LogP contribution >= 0.6 is 17.0 Å². The van der Waals surface area contributed by atoms with Crippen molar-refractivity contribution in [3.8, 4) is 0 Å². The average molecular weight is 311 g/mol. The molecule has 0 bridgehead atoms. The molecule has 1 rings (SSSR count). The van der Waals surface area contributed by atoms with Crippen molar-refractivity contribution in [1.29, 1.82) is 0 Å². The summed E-state index contributed by atoms with van der Waals surface area (Å²) in [6.07, 6.45) is 5.40. The van der Waals surface area contributed by atoms with Crippen LogP contribution < -0.4 is 5.32 Å². The van der Waals surface area contributed by atoms with E-state index in [4.69, 9.17) is 0 Å². The predicted molar refractivity (Wildman–Crippen MR) is 83.2 cm³/mol. The first kappa shape index (κ1) is 16.6. The zero-order valence-electron chi connectivity index (χ0n) is 10.7. The van der Waals surface area contributed by atoms with Crippen molar-refractivity contribution in [3.05, 3.63) is 48.6 Å². The molecule has 0 unspecified atom stereocenters. The van der Waals surface area contributed by atoms with E-state index < -0.39 is 0 Å². The van der Waals surface area contributed by atoms with E-state index >= 15 is 0 Å². The van der Waals surface area contributed by atoms with Crippen molar-refractivity contribution >= 4 is 34.7 Å². The van der Waals surface area contributed by atoms with Gasteiger partial charge in [-0.05, 0) is 37.9 Å². The number of hydrogen-bond donors (Lipinski definition) is 1. The maximum atomic E-state index is 11.1. The maximum absolute atomic E-state index is 11.1. The minimum atomic E-state index is -0.194. The summed E-state index contributed by atoms with van der Waals surface area (Å²) in [6.45, 7) is 4.32. The third-order valence-electron chi connectivity index (χ3n) is 2.14. The molecule has 0 radical (unpaired) electrons. The first-order chi connectivity index (χ1) is 8.11. The van der Waals surface area contributed by atoms with Crippen LogP contribution in [0.25, 0.3) is 6.08 Å². The van der Waals surface area contributed by atoms with Gasteiger partial charge in [-0.1, -0.05) is 30.9 Å². The quantitative estimate of drug-likeness (QED) is 0.848. The molecule has 0 spiro atoms. The number of benzene rings is 1. The molecule has 0 aliphatic heterocycles. The number of carbonyl (C=O) groups excluding carboxylic acids is 1. The number of anilines is 1. The molecule has 0 heterocycles. The van der Waals surface area contributed by atoms with Gasteiger partial charge >= 0.3 is 0 Å². The number of rotatable bonds is 5. The molecule has 1 aromatic rings. The van der Waals surface area contributed by atoms with Crippen LogP contribution in [-0.4, -0.2) is 31.4 Å². The van der Waals surface area contributed by atoms with Crippen LogP contribution in [0.15, 0.2) is 43.0 Å². The van der Waals surface area contributed by atoms with Crippen molar-refractivity contribution in [3.63, 3.8) is 0 Å². The summed E-state index contributed by atoms with van der Waals surface area (Å²) in [5, 5.41) is 2.70. The number of likely N-dealkylation sites (N-methyl/N-ethyl adjacent to an activating group) is 1. The molecule has 98 valence electrons. The highest BCUT2D eigenvalue weighted by atomic mass is 79.9. The fourth-order valence-corrected chi connectivity index (χ4v) is 1.27. The standard InChI is InChI=1S/C14H18N2O.BrH/c1-4-14(17)15-13-9-7-12(8-10-13)6-5-11-16(2)3;/h4-10H,1,11H2,2-3H3,(H,15,17);1H. The monoisotopic (exact) mass is 310 g/mol. The van der Waals surface area contributed by atoms with E-state index in [0.29, 0.717) is 0 Å². The van der Waals surface area contributed by atoms with Gasteiger partial charge in [-0.25, -0.2) is 0 Å². The molecule has 1 amide bonds. The Balaban J connectivity index is 0.00000289. The van der Waals surface area contributed by atoms with Crippen LogP contribution in [0.3, 0.4) is 0 Å². The van der Waals surface area contributed by atoms with E-state index in [1.165, 1.54) is 6.08 Å². The van der Waals surface area contributed by atoms with E-state index in [-0.39, 0.29) is 22.9 Å². The first-order valence-electron chi connectivity index (χ1n) is 5.46. The normalized spacial score (nSPS) is 10.2. The van der Waals surface area contributed by atoms with Gasteiger partial charge in [0.2, 0.25) is 5.91 Å². The highest BCUT2D eigenvalue weighted by Crippen LogP contribution is 2.10. The lowest BCUT2D eigenvalue weighted by molar-refractivity contribution is -0.111. The summed E-state index contributed by atoms with van der Waals surface area (Å²) in [4.78, 5) is 13.2. The van der Waals surface area contributed by atoms with Gasteiger partial charge in [-0.2, -0.15) is 0 Å². The highest BCUT2D eigenvalue weighted by molar-refractivity contribution is 8.93. The van der Waals surface area contributed by atoms with Crippen molar-refractivity contribution in [1.82, 2.24) is 4.90 Å². The van der Waals surface area contributed by atoms with Gasteiger partial charge in [0.25, 0.3) is 0 Å². The Kier molecular flexibility index (Phi) is 8.00. The molecule has 1 N–H and O–H groups in total. The molecule has 1 aromatic carbocycles. The van der Waals surface area contributed by atoms with Gasteiger partial charge < -0.3 is 10.2 Å². The van der Waals surface area contributed by atoms with E-state index in [1.54, 1.807) is 0 Å². The Bertz CT molecular complexity index is 410. The SMILES string of the molecule is Br.C=CC(=O)Nc1ccc(C=CCN(C)C)cc1. The molecule has 0 fully saturated rings. The lowest BCUT2D eigenvalue weighted by Gasteiger charge is -2.04. The largest absolute Gasteiger partial charge is 0.323 e. The van der Waals surface area contributed by atoms with Gasteiger partial charge in [-0.15, -0.1) is 17.0 Å². The second-order valence-electron chi connectivity index (χ2n) is 3.98. The minimum Gasteiger partial charge on any atom is -0.323 e. The highest BCUT2D eigenvalue weighted by Gasteiger charge is 1.95. The summed E-state index contributed by atoms with van der Waals surface area (Å²) in [7, 11) is 4.05. The predicted octanol–water partition coefficient (Wildman–Crippen LogP) is 2.96. The van der Waals surface area contributed by atoms with Crippen LogP contribution in [0.1, 0.15) is 5.56 Å². The smallest absolute Gasteiger partial charge is 0.247 e. The molecule has 0 aromatic heterocycles. The summed E-state index contributed by atoms with van der Waals surface area (Å²) >= 11 is 0. The second kappa shape index (κ2) is 8.66. The van der Waals surface area contributed by atoms with E-state index in [9.17, 15) is 4.79 Å².